The van der Waals surface area contributed by atoms with Crippen LogP contribution in [0.2, 0.25) is 0 Å². The van der Waals surface area contributed by atoms with Crippen molar-refractivity contribution < 1.29 is 28.1 Å². The van der Waals surface area contributed by atoms with E-state index in [0.29, 0.717) is 18.4 Å². The zero-order valence-electron chi connectivity index (χ0n) is 18.4. The van der Waals surface area contributed by atoms with E-state index in [0.717, 1.165) is 6.26 Å². The molecule has 1 fully saturated rings. The second-order valence-electron chi connectivity index (χ2n) is 8.35. The predicted octanol–water partition coefficient (Wildman–Crippen LogP) is 0.201. The van der Waals surface area contributed by atoms with Gasteiger partial charge in [0, 0.05) is 6.54 Å². The molecule has 1 heterocycles. The Morgan fingerprint density at radius 3 is 2.35 bits per heavy atom. The molecule has 9 nitrogen and oxygen atoms in total. The molecule has 172 valence electrons. The molecule has 4 N–H and O–H groups in total. The molecular formula is C20H32BN3O6S. The van der Waals surface area contributed by atoms with Crippen LogP contribution in [0.4, 0.5) is 0 Å². The first kappa shape index (κ1) is 25.3. The molecular weight excluding hydrogens is 421 g/mol. The van der Waals surface area contributed by atoms with E-state index in [1.54, 1.807) is 51.1 Å². The fourth-order valence-electron chi connectivity index (χ4n) is 4.08. The van der Waals surface area contributed by atoms with Gasteiger partial charge in [-0.05, 0) is 30.7 Å². The lowest BCUT2D eigenvalue weighted by molar-refractivity contribution is -0.150. The van der Waals surface area contributed by atoms with E-state index < -0.39 is 46.5 Å². The van der Waals surface area contributed by atoms with E-state index in [1.807, 2.05) is 0 Å². The molecule has 31 heavy (non-hydrogen) atoms. The number of carbonyl (C=O) groups excluding carboxylic acids is 2. The molecule has 1 aromatic rings. The summed E-state index contributed by atoms with van der Waals surface area (Å²) in [5.74, 6) is -2.28. The fraction of sp³-hybridized carbons (Fsp3) is 0.600. The van der Waals surface area contributed by atoms with Gasteiger partial charge < -0.3 is 20.3 Å². The number of rotatable bonds is 9. The first-order valence-electron chi connectivity index (χ1n) is 10.4. The van der Waals surface area contributed by atoms with Crippen LogP contribution in [-0.4, -0.2) is 66.6 Å². The average molecular weight is 453 g/mol. The van der Waals surface area contributed by atoms with Gasteiger partial charge in [-0.1, -0.05) is 51.1 Å². The molecule has 0 spiro atoms. The van der Waals surface area contributed by atoms with Crippen molar-refractivity contribution in [3.63, 3.8) is 0 Å². The number of hydrogen-bond acceptors (Lipinski definition) is 6. The molecule has 0 saturated carbocycles. The summed E-state index contributed by atoms with van der Waals surface area (Å²) < 4.78 is 26.7. The Hall–Kier alpha value is -1.95. The van der Waals surface area contributed by atoms with Crippen LogP contribution in [0.3, 0.4) is 0 Å². The monoisotopic (exact) mass is 453 g/mol. The fourth-order valence-corrected chi connectivity index (χ4v) is 5.16. The maximum Gasteiger partial charge on any atom is 0.475 e. The molecule has 3 atom stereocenters. The topological polar surface area (TPSA) is 136 Å². The van der Waals surface area contributed by atoms with Gasteiger partial charge in [-0.2, -0.15) is 4.72 Å². The van der Waals surface area contributed by atoms with Crippen molar-refractivity contribution in [1.82, 2.24) is 14.9 Å². The maximum atomic E-state index is 13.7. The van der Waals surface area contributed by atoms with Gasteiger partial charge in [0.1, 0.15) is 11.6 Å². The van der Waals surface area contributed by atoms with E-state index in [1.165, 1.54) is 4.90 Å². The van der Waals surface area contributed by atoms with Crippen molar-refractivity contribution in [3.05, 3.63) is 35.9 Å². The zero-order chi connectivity index (χ0) is 23.4. The molecule has 2 rings (SSSR count). The van der Waals surface area contributed by atoms with Gasteiger partial charge in [-0.25, -0.2) is 8.42 Å². The van der Waals surface area contributed by atoms with Crippen LogP contribution >= 0.6 is 0 Å². The first-order valence-corrected chi connectivity index (χ1v) is 12.3. The molecule has 1 aliphatic heterocycles. The third-order valence-corrected chi connectivity index (χ3v) is 6.50. The van der Waals surface area contributed by atoms with E-state index >= 15 is 0 Å². The third-order valence-electron chi connectivity index (χ3n) is 5.77. The quantitative estimate of drug-likeness (QED) is 0.395. The average Bonchev–Trinajstić information content (AvgIpc) is 2.68. The minimum atomic E-state index is -3.69. The zero-order valence-corrected chi connectivity index (χ0v) is 19.2. The van der Waals surface area contributed by atoms with Crippen LogP contribution in [0.5, 0.6) is 0 Å². The summed E-state index contributed by atoms with van der Waals surface area (Å²) >= 11 is 0. The van der Waals surface area contributed by atoms with Gasteiger partial charge in [-0.3, -0.25) is 9.59 Å². The first-order chi connectivity index (χ1) is 14.4. The van der Waals surface area contributed by atoms with Gasteiger partial charge in [0.15, 0.2) is 0 Å². The van der Waals surface area contributed by atoms with Gasteiger partial charge >= 0.3 is 7.12 Å². The molecule has 11 heteroatoms. The van der Waals surface area contributed by atoms with Gasteiger partial charge in [0.25, 0.3) is 0 Å². The number of hydrogen-bond donors (Lipinski definition) is 4. The summed E-state index contributed by atoms with van der Waals surface area (Å²) in [6, 6.07) is 7.65. The van der Waals surface area contributed by atoms with Crippen molar-refractivity contribution in [2.24, 2.45) is 5.92 Å². The standard InChI is InChI=1S/C20H32BN3O6S/c1-5-16(21(27)28)22-18(25)17(15-10-7-6-8-11-15)24-13-9-12-20(14(2)3,19(24)26)23-31(4,29)30/h6-8,10-11,14,16-17,23,27-28H,5,9,12-13H2,1-4H3,(H,22,25)/t16?,17-,20?/m0/s1. The highest BCUT2D eigenvalue weighted by Crippen LogP contribution is 2.35. The lowest BCUT2D eigenvalue weighted by Gasteiger charge is -2.46. The molecule has 0 radical (unpaired) electrons. The molecule has 2 amide bonds. The summed E-state index contributed by atoms with van der Waals surface area (Å²) in [5.41, 5.74) is -0.811. The highest BCUT2D eigenvalue weighted by atomic mass is 32.2. The van der Waals surface area contributed by atoms with Gasteiger partial charge in [0.05, 0.1) is 12.2 Å². The predicted molar refractivity (Wildman–Crippen MR) is 118 cm³/mol. The van der Waals surface area contributed by atoms with Crippen LogP contribution in [-0.2, 0) is 19.6 Å². The molecule has 0 aromatic heterocycles. The second-order valence-corrected chi connectivity index (χ2v) is 10.1. The molecule has 0 aliphatic carbocycles. The number of likely N-dealkylation sites (tertiary alicyclic amines) is 1. The highest BCUT2D eigenvalue weighted by Gasteiger charge is 2.51. The SMILES string of the molecule is CCC(NC(=O)[C@H](c1ccccc1)N1CCCC(NS(C)(=O)=O)(C(C)C)C1=O)B(O)O. The summed E-state index contributed by atoms with van der Waals surface area (Å²) in [7, 11) is -5.44. The Morgan fingerprint density at radius 1 is 1.26 bits per heavy atom. The number of sulfonamides is 1. The Labute approximate surface area is 184 Å². The summed E-state index contributed by atoms with van der Waals surface area (Å²) in [6.45, 7) is 5.51. The Kier molecular flexibility index (Phi) is 8.26. The van der Waals surface area contributed by atoms with Crippen molar-refractivity contribution >= 4 is 29.0 Å². The normalized spacial score (nSPS) is 21.6. The van der Waals surface area contributed by atoms with E-state index in [9.17, 15) is 28.1 Å². The number of carbonyl (C=O) groups is 2. The van der Waals surface area contributed by atoms with E-state index in [-0.39, 0.29) is 18.9 Å². The largest absolute Gasteiger partial charge is 0.475 e. The Morgan fingerprint density at radius 2 is 1.87 bits per heavy atom. The van der Waals surface area contributed by atoms with Crippen molar-refractivity contribution in [2.45, 2.75) is 57.6 Å². The molecule has 1 saturated heterocycles. The minimum absolute atomic E-state index is 0.268. The van der Waals surface area contributed by atoms with Crippen LogP contribution in [0.1, 0.15) is 51.6 Å². The highest BCUT2D eigenvalue weighted by molar-refractivity contribution is 7.88. The molecule has 1 aromatic carbocycles. The number of amides is 2. The van der Waals surface area contributed by atoms with Gasteiger partial charge in [0.2, 0.25) is 21.8 Å². The number of nitrogens with zero attached hydrogens (tertiary/aromatic N) is 1. The lowest BCUT2D eigenvalue weighted by atomic mass is 9.77. The van der Waals surface area contributed by atoms with Crippen LogP contribution in [0.25, 0.3) is 0 Å². The third kappa shape index (κ3) is 5.85. The number of benzene rings is 1. The maximum absolute atomic E-state index is 13.7. The van der Waals surface area contributed by atoms with Crippen molar-refractivity contribution in [3.8, 4) is 0 Å². The van der Waals surface area contributed by atoms with Crippen LogP contribution < -0.4 is 10.0 Å². The number of nitrogens with one attached hydrogen (secondary N) is 2. The second kappa shape index (κ2) is 10.1. The van der Waals surface area contributed by atoms with Crippen molar-refractivity contribution in [2.75, 3.05) is 12.8 Å². The number of piperidine rings is 1. The molecule has 1 aliphatic rings. The van der Waals surface area contributed by atoms with E-state index in [2.05, 4.69) is 10.0 Å². The van der Waals surface area contributed by atoms with Crippen LogP contribution in [0, 0.1) is 5.92 Å². The Bertz CT molecular complexity index is 880. The smallest absolute Gasteiger partial charge is 0.426 e. The van der Waals surface area contributed by atoms with Crippen molar-refractivity contribution in [1.29, 1.82) is 0 Å². The van der Waals surface area contributed by atoms with Crippen LogP contribution in [0.15, 0.2) is 30.3 Å². The van der Waals surface area contributed by atoms with E-state index in [4.69, 9.17) is 0 Å². The molecule has 0 bridgehead atoms. The van der Waals surface area contributed by atoms with Gasteiger partial charge in [-0.15, -0.1) is 0 Å². The summed E-state index contributed by atoms with van der Waals surface area (Å²) in [5, 5.41) is 21.7. The lowest BCUT2D eigenvalue weighted by Crippen LogP contribution is -2.66. The minimum Gasteiger partial charge on any atom is -0.426 e. The molecule has 2 unspecified atom stereocenters. The summed E-state index contributed by atoms with van der Waals surface area (Å²) in [6.07, 6.45) is 2.12. The summed E-state index contributed by atoms with van der Waals surface area (Å²) in [4.78, 5) is 28.3. The Balaban J connectivity index is 2.50.